The fraction of sp³-hybridized carbons (Fsp3) is 0.243. The third-order valence-corrected chi connectivity index (χ3v) is 7.39. The topological polar surface area (TPSA) is 29.0 Å². The van der Waals surface area contributed by atoms with Gasteiger partial charge in [0.1, 0.15) is 0 Å². The van der Waals surface area contributed by atoms with Crippen LogP contribution in [0, 0.1) is 0 Å². The first-order valence-corrected chi connectivity index (χ1v) is 14.7. The highest BCUT2D eigenvalue weighted by atomic mass is 15.1. The molecule has 0 N–H and O–H groups in total. The Morgan fingerprint density at radius 1 is 0.500 bits per heavy atom. The standard InChI is InChI=1S/C37H39N3/c1-2-3-4-5-6-7-8-15-30-22-24-33(25-23-30)40(34-18-13-16-31(28-34)36-20-9-11-26-38-36)35-19-14-17-32(29-35)37-21-10-12-27-39-37/h9-14,16-29H,2-8,15H2,1H3. The summed E-state index contributed by atoms with van der Waals surface area (Å²) in [6, 6.07) is 38.5. The molecule has 40 heavy (non-hydrogen) atoms. The van der Waals surface area contributed by atoms with E-state index in [1.54, 1.807) is 0 Å². The van der Waals surface area contributed by atoms with Crippen LogP contribution in [0.4, 0.5) is 17.1 Å². The summed E-state index contributed by atoms with van der Waals surface area (Å²) in [7, 11) is 0. The second kappa shape index (κ2) is 14.2. The fourth-order valence-electron chi connectivity index (χ4n) is 5.22. The maximum atomic E-state index is 4.59. The number of benzene rings is 3. The Balaban J connectivity index is 1.42. The molecule has 3 aromatic carbocycles. The van der Waals surface area contributed by atoms with Gasteiger partial charge in [-0.15, -0.1) is 0 Å². The van der Waals surface area contributed by atoms with Crippen LogP contribution in [0.15, 0.2) is 122 Å². The second-order valence-electron chi connectivity index (χ2n) is 10.4. The van der Waals surface area contributed by atoms with Crippen LogP contribution in [0.2, 0.25) is 0 Å². The summed E-state index contributed by atoms with van der Waals surface area (Å²) in [4.78, 5) is 11.5. The molecule has 0 bridgehead atoms. The molecule has 3 nitrogen and oxygen atoms in total. The molecule has 0 saturated carbocycles. The van der Waals surface area contributed by atoms with E-state index in [1.165, 1.54) is 50.5 Å². The molecule has 0 spiro atoms. The number of hydrogen-bond acceptors (Lipinski definition) is 3. The highest BCUT2D eigenvalue weighted by Gasteiger charge is 2.15. The lowest BCUT2D eigenvalue weighted by molar-refractivity contribution is 0.589. The first-order chi connectivity index (χ1) is 19.8. The lowest BCUT2D eigenvalue weighted by atomic mass is 10.0. The molecule has 0 fully saturated rings. The summed E-state index contributed by atoms with van der Waals surface area (Å²) in [6.45, 7) is 2.28. The van der Waals surface area contributed by atoms with Crippen molar-refractivity contribution in [2.24, 2.45) is 0 Å². The predicted molar refractivity (Wildman–Crippen MR) is 169 cm³/mol. The number of unbranched alkanes of at least 4 members (excludes halogenated alkanes) is 6. The summed E-state index contributed by atoms with van der Waals surface area (Å²) in [5.41, 5.74) is 8.87. The van der Waals surface area contributed by atoms with Crippen molar-refractivity contribution in [2.75, 3.05) is 4.90 Å². The Morgan fingerprint density at radius 3 is 1.57 bits per heavy atom. The Bertz CT molecular complexity index is 1360. The number of hydrogen-bond donors (Lipinski definition) is 0. The van der Waals surface area contributed by atoms with Crippen LogP contribution >= 0.6 is 0 Å². The molecule has 202 valence electrons. The van der Waals surface area contributed by atoms with Crippen LogP contribution < -0.4 is 4.90 Å². The van der Waals surface area contributed by atoms with Gasteiger partial charge in [0.05, 0.1) is 11.4 Å². The molecule has 0 aliphatic carbocycles. The van der Waals surface area contributed by atoms with Crippen LogP contribution in [0.1, 0.15) is 57.4 Å². The lowest BCUT2D eigenvalue weighted by Crippen LogP contribution is -2.10. The van der Waals surface area contributed by atoms with E-state index >= 15 is 0 Å². The molecule has 0 unspecified atom stereocenters. The van der Waals surface area contributed by atoms with Crippen LogP contribution in [-0.2, 0) is 6.42 Å². The summed E-state index contributed by atoms with van der Waals surface area (Å²) < 4.78 is 0. The third-order valence-electron chi connectivity index (χ3n) is 7.39. The van der Waals surface area contributed by atoms with Gasteiger partial charge in [-0.05, 0) is 79.1 Å². The van der Waals surface area contributed by atoms with E-state index in [9.17, 15) is 0 Å². The lowest BCUT2D eigenvalue weighted by Gasteiger charge is -2.26. The van der Waals surface area contributed by atoms with E-state index in [0.717, 1.165) is 46.0 Å². The highest BCUT2D eigenvalue weighted by molar-refractivity contribution is 5.81. The van der Waals surface area contributed by atoms with E-state index in [0.29, 0.717) is 0 Å². The Morgan fingerprint density at radius 2 is 1.05 bits per heavy atom. The van der Waals surface area contributed by atoms with Crippen molar-refractivity contribution in [3.8, 4) is 22.5 Å². The molecule has 0 radical (unpaired) electrons. The first kappa shape index (κ1) is 27.3. The average Bonchev–Trinajstić information content (AvgIpc) is 3.03. The number of aryl methyl sites for hydroxylation is 1. The summed E-state index contributed by atoms with van der Waals surface area (Å²) in [5.74, 6) is 0. The molecule has 5 aromatic rings. The van der Waals surface area contributed by atoms with Crippen LogP contribution in [0.5, 0.6) is 0 Å². The number of pyridine rings is 2. The van der Waals surface area contributed by atoms with Crippen LogP contribution in [-0.4, -0.2) is 9.97 Å². The molecule has 3 heteroatoms. The molecular weight excluding hydrogens is 486 g/mol. The maximum Gasteiger partial charge on any atom is 0.0702 e. The van der Waals surface area contributed by atoms with Gasteiger partial charge in [0.2, 0.25) is 0 Å². The quantitative estimate of drug-likeness (QED) is 0.143. The molecule has 0 aliphatic heterocycles. The largest absolute Gasteiger partial charge is 0.310 e. The van der Waals surface area contributed by atoms with Crippen LogP contribution in [0.3, 0.4) is 0 Å². The van der Waals surface area contributed by atoms with Crippen molar-refractivity contribution in [3.63, 3.8) is 0 Å². The smallest absolute Gasteiger partial charge is 0.0702 e. The number of aromatic nitrogens is 2. The van der Waals surface area contributed by atoms with Gasteiger partial charge in [-0.1, -0.05) is 94.0 Å². The zero-order valence-electron chi connectivity index (χ0n) is 23.5. The predicted octanol–water partition coefficient (Wildman–Crippen LogP) is 10.6. The highest BCUT2D eigenvalue weighted by Crippen LogP contribution is 2.37. The van der Waals surface area contributed by atoms with Crippen molar-refractivity contribution in [1.29, 1.82) is 0 Å². The monoisotopic (exact) mass is 525 g/mol. The van der Waals surface area contributed by atoms with E-state index < -0.39 is 0 Å². The number of anilines is 3. The van der Waals surface area contributed by atoms with Gasteiger partial charge >= 0.3 is 0 Å². The Labute approximate surface area is 239 Å². The SMILES string of the molecule is CCCCCCCCCc1ccc(N(c2cccc(-c3ccccn3)c2)c2cccc(-c3ccccn3)c2)cc1. The summed E-state index contributed by atoms with van der Waals surface area (Å²) >= 11 is 0. The fourth-order valence-corrected chi connectivity index (χ4v) is 5.22. The molecular formula is C37H39N3. The third kappa shape index (κ3) is 7.24. The first-order valence-electron chi connectivity index (χ1n) is 14.7. The average molecular weight is 526 g/mol. The zero-order valence-corrected chi connectivity index (χ0v) is 23.5. The minimum Gasteiger partial charge on any atom is -0.310 e. The number of rotatable bonds is 13. The Kier molecular flexibility index (Phi) is 9.72. The van der Waals surface area contributed by atoms with Gasteiger partial charge in [0.15, 0.2) is 0 Å². The molecule has 0 aliphatic rings. The normalized spacial score (nSPS) is 10.9. The van der Waals surface area contributed by atoms with Gasteiger partial charge in [-0.25, -0.2) is 0 Å². The molecule has 5 rings (SSSR count). The summed E-state index contributed by atoms with van der Waals surface area (Å²) in [5, 5.41) is 0. The Hall–Kier alpha value is -4.24. The van der Waals surface area contributed by atoms with E-state index in [-0.39, 0.29) is 0 Å². The van der Waals surface area contributed by atoms with Gasteiger partial charge in [0.25, 0.3) is 0 Å². The molecule has 0 atom stereocenters. The zero-order chi connectivity index (χ0) is 27.4. The van der Waals surface area contributed by atoms with Gasteiger partial charge in [0, 0.05) is 40.6 Å². The van der Waals surface area contributed by atoms with E-state index in [1.807, 2.05) is 36.7 Å². The molecule has 2 aromatic heterocycles. The van der Waals surface area contributed by atoms with Gasteiger partial charge in [-0.3, -0.25) is 9.97 Å². The second-order valence-corrected chi connectivity index (χ2v) is 10.4. The van der Waals surface area contributed by atoms with Crippen molar-refractivity contribution in [2.45, 2.75) is 58.3 Å². The van der Waals surface area contributed by atoms with Crippen LogP contribution in [0.25, 0.3) is 22.5 Å². The summed E-state index contributed by atoms with van der Waals surface area (Å²) in [6.07, 6.45) is 14.2. The molecule has 0 saturated heterocycles. The minimum atomic E-state index is 0.969. The molecule has 2 heterocycles. The minimum absolute atomic E-state index is 0.969. The van der Waals surface area contributed by atoms with E-state index in [4.69, 9.17) is 0 Å². The van der Waals surface area contributed by atoms with Crippen molar-refractivity contribution < 1.29 is 0 Å². The van der Waals surface area contributed by atoms with Gasteiger partial charge in [-0.2, -0.15) is 0 Å². The van der Waals surface area contributed by atoms with Crippen molar-refractivity contribution in [3.05, 3.63) is 127 Å². The van der Waals surface area contributed by atoms with E-state index in [2.05, 4.69) is 107 Å². The van der Waals surface area contributed by atoms with Gasteiger partial charge < -0.3 is 4.90 Å². The van der Waals surface area contributed by atoms with Crippen molar-refractivity contribution in [1.82, 2.24) is 9.97 Å². The number of nitrogens with zero attached hydrogens (tertiary/aromatic N) is 3. The molecule has 0 amide bonds. The maximum absolute atomic E-state index is 4.59. The van der Waals surface area contributed by atoms with Crippen molar-refractivity contribution >= 4 is 17.1 Å².